The van der Waals surface area contributed by atoms with Crippen molar-refractivity contribution in [2.24, 2.45) is 0 Å². The summed E-state index contributed by atoms with van der Waals surface area (Å²) >= 11 is 3.54. The van der Waals surface area contributed by atoms with E-state index in [1.54, 1.807) is 7.11 Å². The van der Waals surface area contributed by atoms with Gasteiger partial charge in [-0.25, -0.2) is 0 Å². The van der Waals surface area contributed by atoms with E-state index in [2.05, 4.69) is 58.5 Å². The SMILES string of the molecule is CNC(c1cccc(OC)c1)c1ccc(Br)c(C)c1. The van der Waals surface area contributed by atoms with E-state index in [1.807, 2.05) is 19.2 Å². The first-order chi connectivity index (χ1) is 9.15. The average molecular weight is 320 g/mol. The molecule has 2 aromatic rings. The summed E-state index contributed by atoms with van der Waals surface area (Å²) in [5.74, 6) is 0.881. The topological polar surface area (TPSA) is 21.3 Å². The monoisotopic (exact) mass is 319 g/mol. The van der Waals surface area contributed by atoms with Crippen LogP contribution in [0.25, 0.3) is 0 Å². The molecule has 0 aliphatic carbocycles. The minimum Gasteiger partial charge on any atom is -0.497 e. The number of methoxy groups -OCH3 is 1. The predicted octanol–water partition coefficient (Wildman–Crippen LogP) is 4.07. The van der Waals surface area contributed by atoms with Gasteiger partial charge in [0, 0.05) is 4.47 Å². The summed E-state index contributed by atoms with van der Waals surface area (Å²) in [6.07, 6.45) is 0. The van der Waals surface area contributed by atoms with Gasteiger partial charge in [0.1, 0.15) is 5.75 Å². The second-order valence-corrected chi connectivity index (χ2v) is 5.36. The number of hydrogen-bond acceptors (Lipinski definition) is 2. The molecule has 0 saturated carbocycles. The van der Waals surface area contributed by atoms with E-state index in [0.717, 1.165) is 10.2 Å². The largest absolute Gasteiger partial charge is 0.497 e. The van der Waals surface area contributed by atoms with E-state index < -0.39 is 0 Å². The number of benzene rings is 2. The molecule has 0 bridgehead atoms. The van der Waals surface area contributed by atoms with Crippen molar-refractivity contribution in [2.75, 3.05) is 14.2 Å². The van der Waals surface area contributed by atoms with Gasteiger partial charge in [0.05, 0.1) is 13.2 Å². The fourth-order valence-corrected chi connectivity index (χ4v) is 2.44. The zero-order valence-corrected chi connectivity index (χ0v) is 13.0. The van der Waals surface area contributed by atoms with Crippen molar-refractivity contribution in [1.29, 1.82) is 0 Å². The Hall–Kier alpha value is -1.32. The lowest BCUT2D eigenvalue weighted by Gasteiger charge is -2.18. The zero-order valence-electron chi connectivity index (χ0n) is 11.4. The van der Waals surface area contributed by atoms with Gasteiger partial charge in [-0.3, -0.25) is 0 Å². The molecule has 100 valence electrons. The maximum absolute atomic E-state index is 5.29. The number of nitrogens with one attached hydrogen (secondary N) is 1. The molecule has 1 N–H and O–H groups in total. The van der Waals surface area contributed by atoms with Crippen molar-refractivity contribution in [1.82, 2.24) is 5.32 Å². The van der Waals surface area contributed by atoms with Crippen LogP contribution in [0.1, 0.15) is 22.7 Å². The van der Waals surface area contributed by atoms with Crippen LogP contribution in [0.5, 0.6) is 5.75 Å². The smallest absolute Gasteiger partial charge is 0.119 e. The third-order valence-corrected chi connectivity index (χ3v) is 4.12. The molecule has 0 saturated heterocycles. The Morgan fingerprint density at radius 2 is 1.84 bits per heavy atom. The van der Waals surface area contributed by atoms with Gasteiger partial charge in [0.15, 0.2) is 0 Å². The molecule has 0 aliphatic rings. The second-order valence-electron chi connectivity index (χ2n) is 4.51. The van der Waals surface area contributed by atoms with Crippen LogP contribution in [0.2, 0.25) is 0 Å². The number of aryl methyl sites for hydroxylation is 1. The van der Waals surface area contributed by atoms with Crippen LogP contribution in [0.15, 0.2) is 46.9 Å². The first-order valence-corrected chi connectivity index (χ1v) is 7.02. The lowest BCUT2D eigenvalue weighted by atomic mass is 9.97. The Kier molecular flexibility index (Phi) is 4.61. The minimum atomic E-state index is 0.168. The predicted molar refractivity (Wildman–Crippen MR) is 82.8 cm³/mol. The molecule has 3 heteroatoms. The van der Waals surface area contributed by atoms with E-state index >= 15 is 0 Å². The molecule has 0 aromatic heterocycles. The average Bonchev–Trinajstić information content (AvgIpc) is 2.44. The Morgan fingerprint density at radius 3 is 2.47 bits per heavy atom. The van der Waals surface area contributed by atoms with Crippen molar-refractivity contribution >= 4 is 15.9 Å². The summed E-state index contributed by atoms with van der Waals surface area (Å²) in [7, 11) is 3.67. The van der Waals surface area contributed by atoms with Crippen molar-refractivity contribution in [3.8, 4) is 5.75 Å². The first kappa shape index (κ1) is 14.1. The molecule has 1 unspecified atom stereocenters. The third kappa shape index (κ3) is 3.17. The number of halogens is 1. The van der Waals surface area contributed by atoms with E-state index in [0.29, 0.717) is 0 Å². The normalized spacial score (nSPS) is 12.2. The standard InChI is InChI=1S/C16H18BrNO/c1-11-9-13(7-8-15(11)17)16(18-2)12-5-4-6-14(10-12)19-3/h4-10,16,18H,1-3H3. The lowest BCUT2D eigenvalue weighted by molar-refractivity contribution is 0.414. The second kappa shape index (κ2) is 6.22. The highest BCUT2D eigenvalue weighted by Gasteiger charge is 2.13. The molecule has 0 spiro atoms. The molecule has 0 amide bonds. The summed E-state index contributed by atoms with van der Waals surface area (Å²) in [5.41, 5.74) is 3.68. The van der Waals surface area contributed by atoms with Gasteiger partial charge in [-0.15, -0.1) is 0 Å². The first-order valence-electron chi connectivity index (χ1n) is 6.23. The van der Waals surface area contributed by atoms with E-state index in [9.17, 15) is 0 Å². The maximum atomic E-state index is 5.29. The van der Waals surface area contributed by atoms with E-state index in [-0.39, 0.29) is 6.04 Å². The molecular formula is C16H18BrNO. The molecule has 19 heavy (non-hydrogen) atoms. The van der Waals surface area contributed by atoms with E-state index in [4.69, 9.17) is 4.74 Å². The Balaban J connectivity index is 2.40. The highest BCUT2D eigenvalue weighted by Crippen LogP contribution is 2.27. The van der Waals surface area contributed by atoms with Crippen molar-refractivity contribution in [2.45, 2.75) is 13.0 Å². The van der Waals surface area contributed by atoms with Crippen LogP contribution >= 0.6 is 15.9 Å². The number of rotatable bonds is 4. The fraction of sp³-hybridized carbons (Fsp3) is 0.250. The van der Waals surface area contributed by atoms with Crippen LogP contribution in [-0.4, -0.2) is 14.2 Å². The van der Waals surface area contributed by atoms with Crippen molar-refractivity contribution in [3.63, 3.8) is 0 Å². The van der Waals surface area contributed by atoms with Crippen LogP contribution < -0.4 is 10.1 Å². The molecule has 0 radical (unpaired) electrons. The fourth-order valence-electron chi connectivity index (χ4n) is 2.19. The van der Waals surface area contributed by atoms with Crippen LogP contribution in [0.4, 0.5) is 0 Å². The lowest BCUT2D eigenvalue weighted by Crippen LogP contribution is -2.17. The Morgan fingerprint density at radius 1 is 1.11 bits per heavy atom. The summed E-state index contributed by atoms with van der Waals surface area (Å²) in [5, 5.41) is 3.36. The Bertz CT molecular complexity index is 568. The summed E-state index contributed by atoms with van der Waals surface area (Å²) in [6, 6.07) is 14.8. The van der Waals surface area contributed by atoms with Gasteiger partial charge in [0.25, 0.3) is 0 Å². The van der Waals surface area contributed by atoms with Gasteiger partial charge >= 0.3 is 0 Å². The minimum absolute atomic E-state index is 0.168. The summed E-state index contributed by atoms with van der Waals surface area (Å²) in [6.45, 7) is 2.10. The van der Waals surface area contributed by atoms with Crippen LogP contribution in [-0.2, 0) is 0 Å². The van der Waals surface area contributed by atoms with Gasteiger partial charge in [-0.2, -0.15) is 0 Å². The van der Waals surface area contributed by atoms with Crippen LogP contribution in [0.3, 0.4) is 0 Å². The van der Waals surface area contributed by atoms with Crippen molar-refractivity contribution in [3.05, 3.63) is 63.6 Å². The third-order valence-electron chi connectivity index (χ3n) is 3.23. The molecule has 2 aromatic carbocycles. The molecule has 0 aliphatic heterocycles. The highest BCUT2D eigenvalue weighted by atomic mass is 79.9. The summed E-state index contributed by atoms with van der Waals surface area (Å²) in [4.78, 5) is 0. The van der Waals surface area contributed by atoms with Gasteiger partial charge in [-0.1, -0.05) is 40.2 Å². The Labute approximate surface area is 122 Å². The maximum Gasteiger partial charge on any atom is 0.119 e. The van der Waals surface area contributed by atoms with Crippen molar-refractivity contribution < 1.29 is 4.74 Å². The zero-order chi connectivity index (χ0) is 13.8. The molecular weight excluding hydrogens is 302 g/mol. The number of ether oxygens (including phenoxy) is 1. The quantitative estimate of drug-likeness (QED) is 0.917. The molecule has 0 fully saturated rings. The molecule has 2 nitrogen and oxygen atoms in total. The highest BCUT2D eigenvalue weighted by molar-refractivity contribution is 9.10. The van der Waals surface area contributed by atoms with Gasteiger partial charge < -0.3 is 10.1 Å². The number of hydrogen-bond donors (Lipinski definition) is 1. The molecule has 1 atom stereocenters. The van der Waals surface area contributed by atoms with Crippen LogP contribution in [0, 0.1) is 6.92 Å². The summed E-state index contributed by atoms with van der Waals surface area (Å²) < 4.78 is 6.43. The van der Waals surface area contributed by atoms with E-state index in [1.165, 1.54) is 16.7 Å². The van der Waals surface area contributed by atoms with Gasteiger partial charge in [0.2, 0.25) is 0 Å². The molecule has 0 heterocycles. The van der Waals surface area contributed by atoms with Gasteiger partial charge in [-0.05, 0) is 48.9 Å². The molecule has 2 rings (SSSR count).